The molecule has 23 heavy (non-hydrogen) atoms. The van der Waals surface area contributed by atoms with Crippen molar-refractivity contribution in [1.29, 1.82) is 0 Å². The summed E-state index contributed by atoms with van der Waals surface area (Å²) in [5, 5.41) is 9.28. The predicted molar refractivity (Wildman–Crippen MR) is 89.1 cm³/mol. The van der Waals surface area contributed by atoms with Crippen LogP contribution in [0.1, 0.15) is 27.9 Å². The highest BCUT2D eigenvalue weighted by Crippen LogP contribution is 2.32. The van der Waals surface area contributed by atoms with E-state index < -0.39 is 5.97 Å². The Balaban J connectivity index is 1.87. The van der Waals surface area contributed by atoms with Gasteiger partial charge in [0.2, 0.25) is 0 Å². The Kier molecular flexibility index (Phi) is 4.42. The quantitative estimate of drug-likeness (QED) is 0.834. The largest absolute Gasteiger partial charge is 0.481 e. The molecular formula is C19H19NO3. The van der Waals surface area contributed by atoms with Gasteiger partial charge in [0, 0.05) is 23.8 Å². The van der Waals surface area contributed by atoms with Gasteiger partial charge in [-0.2, -0.15) is 0 Å². The van der Waals surface area contributed by atoms with Gasteiger partial charge in [0.1, 0.15) is 6.29 Å². The van der Waals surface area contributed by atoms with Crippen LogP contribution in [0, 0.1) is 0 Å². The summed E-state index contributed by atoms with van der Waals surface area (Å²) in [7, 11) is 0. The maximum Gasteiger partial charge on any atom is 0.305 e. The van der Waals surface area contributed by atoms with Gasteiger partial charge in [0.05, 0.1) is 6.42 Å². The van der Waals surface area contributed by atoms with E-state index in [0.29, 0.717) is 12.0 Å². The molecule has 1 aliphatic rings. The standard InChI is InChI=1S/C19H19NO3/c21-13-15-6-7-18-16(10-15)8-9-20(18)17(12-19(22)23)11-14-4-2-1-3-5-14/h1-7,10,13,17H,8-9,11-12H2,(H,22,23). The van der Waals surface area contributed by atoms with E-state index >= 15 is 0 Å². The Morgan fingerprint density at radius 2 is 2.00 bits per heavy atom. The molecule has 4 heteroatoms. The molecular weight excluding hydrogens is 290 g/mol. The van der Waals surface area contributed by atoms with Crippen molar-refractivity contribution >= 4 is 17.9 Å². The van der Waals surface area contributed by atoms with Crippen LogP contribution < -0.4 is 4.90 Å². The molecule has 3 rings (SSSR count). The van der Waals surface area contributed by atoms with E-state index in [0.717, 1.165) is 36.1 Å². The van der Waals surface area contributed by atoms with Crippen LogP contribution in [0.5, 0.6) is 0 Å². The summed E-state index contributed by atoms with van der Waals surface area (Å²) in [4.78, 5) is 24.4. The third-order valence-electron chi connectivity index (χ3n) is 4.34. The highest BCUT2D eigenvalue weighted by atomic mass is 16.4. The third kappa shape index (κ3) is 3.42. The Morgan fingerprint density at radius 1 is 1.22 bits per heavy atom. The second kappa shape index (κ2) is 6.65. The van der Waals surface area contributed by atoms with E-state index in [9.17, 15) is 14.7 Å². The SMILES string of the molecule is O=Cc1ccc2c(c1)CCN2C(CC(=O)O)Cc1ccccc1. The minimum absolute atomic E-state index is 0.0850. The summed E-state index contributed by atoms with van der Waals surface area (Å²) in [6.07, 6.45) is 2.50. The second-order valence-corrected chi connectivity index (χ2v) is 5.89. The first-order chi connectivity index (χ1) is 11.2. The lowest BCUT2D eigenvalue weighted by Gasteiger charge is -2.29. The van der Waals surface area contributed by atoms with Crippen LogP contribution in [-0.2, 0) is 17.6 Å². The minimum atomic E-state index is -0.788. The fourth-order valence-corrected chi connectivity index (χ4v) is 3.28. The highest BCUT2D eigenvalue weighted by molar-refractivity contribution is 5.78. The summed E-state index contributed by atoms with van der Waals surface area (Å²) < 4.78 is 0. The molecule has 4 nitrogen and oxygen atoms in total. The molecule has 0 aromatic heterocycles. The number of aliphatic carboxylic acids is 1. The number of carboxylic acids is 1. The number of carbonyl (C=O) groups is 2. The van der Waals surface area contributed by atoms with Crippen molar-refractivity contribution < 1.29 is 14.7 Å². The Hall–Kier alpha value is -2.62. The molecule has 1 heterocycles. The summed E-state index contributed by atoms with van der Waals surface area (Å²) in [5.41, 5.74) is 3.98. The van der Waals surface area contributed by atoms with Gasteiger partial charge in [-0.1, -0.05) is 30.3 Å². The van der Waals surface area contributed by atoms with Gasteiger partial charge in [-0.25, -0.2) is 0 Å². The summed E-state index contributed by atoms with van der Waals surface area (Å²) >= 11 is 0. The van der Waals surface area contributed by atoms with Crippen LogP contribution >= 0.6 is 0 Å². The third-order valence-corrected chi connectivity index (χ3v) is 4.34. The van der Waals surface area contributed by atoms with Crippen LogP contribution in [0.15, 0.2) is 48.5 Å². The van der Waals surface area contributed by atoms with Gasteiger partial charge < -0.3 is 10.0 Å². The first-order valence-corrected chi connectivity index (χ1v) is 7.78. The van der Waals surface area contributed by atoms with E-state index in [2.05, 4.69) is 4.90 Å². The zero-order valence-corrected chi connectivity index (χ0v) is 12.8. The molecule has 0 fully saturated rings. The van der Waals surface area contributed by atoms with Crippen LogP contribution in [0.4, 0.5) is 5.69 Å². The van der Waals surface area contributed by atoms with E-state index in [1.54, 1.807) is 6.07 Å². The fraction of sp³-hybridized carbons (Fsp3) is 0.263. The molecule has 1 N–H and O–H groups in total. The van der Waals surface area contributed by atoms with Crippen LogP contribution in [0.3, 0.4) is 0 Å². The molecule has 2 aromatic rings. The summed E-state index contributed by atoms with van der Waals surface area (Å²) in [6, 6.07) is 15.5. The molecule has 0 saturated heterocycles. The smallest absolute Gasteiger partial charge is 0.305 e. The summed E-state index contributed by atoms with van der Waals surface area (Å²) in [5.74, 6) is -0.788. The molecule has 0 radical (unpaired) electrons. The topological polar surface area (TPSA) is 57.6 Å². The van der Waals surface area contributed by atoms with E-state index in [1.807, 2.05) is 42.5 Å². The lowest BCUT2D eigenvalue weighted by molar-refractivity contribution is -0.137. The van der Waals surface area contributed by atoms with Crippen molar-refractivity contribution in [2.45, 2.75) is 25.3 Å². The zero-order chi connectivity index (χ0) is 16.2. The lowest BCUT2D eigenvalue weighted by atomic mass is 10.0. The van der Waals surface area contributed by atoms with Crippen LogP contribution in [0.2, 0.25) is 0 Å². The molecule has 0 saturated carbocycles. The van der Waals surface area contributed by atoms with Crippen molar-refractivity contribution in [3.63, 3.8) is 0 Å². The number of carbonyl (C=O) groups excluding carboxylic acids is 1. The van der Waals surface area contributed by atoms with Crippen molar-refractivity contribution in [2.75, 3.05) is 11.4 Å². The van der Waals surface area contributed by atoms with Crippen molar-refractivity contribution in [3.05, 3.63) is 65.2 Å². The number of hydrogen-bond donors (Lipinski definition) is 1. The Labute approximate surface area is 135 Å². The molecule has 0 spiro atoms. The van der Waals surface area contributed by atoms with Crippen LogP contribution in [0.25, 0.3) is 0 Å². The number of rotatable bonds is 6. The van der Waals surface area contributed by atoms with Gasteiger partial charge in [0.15, 0.2) is 0 Å². The Bertz CT molecular complexity index is 712. The number of hydrogen-bond acceptors (Lipinski definition) is 3. The summed E-state index contributed by atoms with van der Waals surface area (Å²) in [6.45, 7) is 0.794. The molecule has 1 aliphatic heterocycles. The normalized spacial score (nSPS) is 14.3. The lowest BCUT2D eigenvalue weighted by Crippen LogP contribution is -2.37. The number of fused-ring (bicyclic) bond motifs is 1. The maximum atomic E-state index is 11.3. The van der Waals surface area contributed by atoms with Crippen molar-refractivity contribution in [1.82, 2.24) is 0 Å². The molecule has 0 bridgehead atoms. The van der Waals surface area contributed by atoms with E-state index in [4.69, 9.17) is 0 Å². The molecule has 1 atom stereocenters. The predicted octanol–water partition coefficient (Wildman–Crippen LogP) is 2.95. The van der Waals surface area contributed by atoms with E-state index in [-0.39, 0.29) is 12.5 Å². The van der Waals surface area contributed by atoms with Crippen molar-refractivity contribution in [3.8, 4) is 0 Å². The molecule has 118 valence electrons. The molecule has 0 aliphatic carbocycles. The van der Waals surface area contributed by atoms with Gasteiger partial charge in [-0.15, -0.1) is 0 Å². The molecule has 2 aromatic carbocycles. The van der Waals surface area contributed by atoms with Gasteiger partial charge in [-0.3, -0.25) is 9.59 Å². The fourth-order valence-electron chi connectivity index (χ4n) is 3.28. The molecule has 0 amide bonds. The van der Waals surface area contributed by atoms with Crippen LogP contribution in [-0.4, -0.2) is 29.9 Å². The van der Waals surface area contributed by atoms with Gasteiger partial charge in [0.25, 0.3) is 0 Å². The highest BCUT2D eigenvalue weighted by Gasteiger charge is 2.28. The number of benzene rings is 2. The number of nitrogens with zero attached hydrogens (tertiary/aromatic N) is 1. The number of aldehydes is 1. The first kappa shape index (κ1) is 15.3. The van der Waals surface area contributed by atoms with Crippen molar-refractivity contribution in [2.24, 2.45) is 0 Å². The average Bonchev–Trinajstić information content (AvgIpc) is 2.97. The van der Waals surface area contributed by atoms with Gasteiger partial charge in [-0.05, 0) is 42.2 Å². The zero-order valence-electron chi connectivity index (χ0n) is 12.8. The Morgan fingerprint density at radius 3 is 2.70 bits per heavy atom. The number of anilines is 1. The first-order valence-electron chi connectivity index (χ1n) is 7.78. The second-order valence-electron chi connectivity index (χ2n) is 5.89. The molecule has 1 unspecified atom stereocenters. The van der Waals surface area contributed by atoms with Gasteiger partial charge >= 0.3 is 5.97 Å². The minimum Gasteiger partial charge on any atom is -0.481 e. The average molecular weight is 309 g/mol. The van der Waals surface area contributed by atoms with E-state index in [1.165, 1.54) is 0 Å². The maximum absolute atomic E-state index is 11.3. The monoisotopic (exact) mass is 309 g/mol. The number of carboxylic acid groups (broad SMARTS) is 1.